The van der Waals surface area contributed by atoms with Crippen molar-refractivity contribution in [3.8, 4) is 0 Å². The average Bonchev–Trinajstić information content (AvgIpc) is 2.14. The van der Waals surface area contributed by atoms with Crippen molar-refractivity contribution < 1.29 is 0 Å². The van der Waals surface area contributed by atoms with E-state index in [-0.39, 0.29) is 0 Å². The fourth-order valence-corrected chi connectivity index (χ4v) is 0.830. The molecule has 0 bridgehead atoms. The lowest BCUT2D eigenvalue weighted by Crippen LogP contribution is -2.16. The van der Waals surface area contributed by atoms with Gasteiger partial charge in [0.05, 0.1) is 0 Å². The van der Waals surface area contributed by atoms with Crippen LogP contribution in [0.2, 0.25) is 0 Å². The predicted octanol–water partition coefficient (Wildman–Crippen LogP) is 3.08. The summed E-state index contributed by atoms with van der Waals surface area (Å²) in [6, 6.07) is 0. The van der Waals surface area contributed by atoms with Crippen LogP contribution in [-0.2, 0) is 0 Å². The van der Waals surface area contributed by atoms with Crippen molar-refractivity contribution in [2.45, 2.75) is 13.8 Å². The van der Waals surface area contributed by atoms with Gasteiger partial charge in [-0.1, -0.05) is 25.3 Å². The molecule has 0 aliphatic rings. The number of allylic oxidation sites excluding steroid dienone is 2. The zero-order valence-electron chi connectivity index (χ0n) is 8.27. The van der Waals surface area contributed by atoms with Crippen LogP contribution >= 0.6 is 0 Å². The molecule has 0 aromatic heterocycles. The average molecular weight is 176 g/mol. The molecule has 0 amide bonds. The quantitative estimate of drug-likeness (QED) is 0.474. The van der Waals surface area contributed by atoms with Gasteiger partial charge in [0.2, 0.25) is 0 Å². The SMILES string of the molecule is C=CN=C(/C=C\C)N(C=C)/C=C\C. The van der Waals surface area contributed by atoms with Gasteiger partial charge >= 0.3 is 0 Å². The highest BCUT2D eigenvalue weighted by Gasteiger charge is 1.97. The Morgan fingerprint density at radius 1 is 1.23 bits per heavy atom. The van der Waals surface area contributed by atoms with Gasteiger partial charge in [0.1, 0.15) is 5.84 Å². The van der Waals surface area contributed by atoms with E-state index in [2.05, 4.69) is 18.2 Å². The monoisotopic (exact) mass is 176 g/mol. The number of hydrogen-bond acceptors (Lipinski definition) is 1. The van der Waals surface area contributed by atoms with Gasteiger partial charge in [-0.25, -0.2) is 4.99 Å². The van der Waals surface area contributed by atoms with Gasteiger partial charge in [0.15, 0.2) is 0 Å². The first kappa shape index (κ1) is 11.4. The molecule has 0 aromatic rings. The second-order valence-corrected chi connectivity index (χ2v) is 2.24. The highest BCUT2D eigenvalue weighted by molar-refractivity contribution is 5.94. The Morgan fingerprint density at radius 2 is 1.92 bits per heavy atom. The van der Waals surface area contributed by atoms with Crippen molar-refractivity contribution in [3.05, 3.63) is 50.0 Å². The van der Waals surface area contributed by atoms with Gasteiger partial charge in [-0.2, -0.15) is 0 Å². The minimum absolute atomic E-state index is 0.797. The van der Waals surface area contributed by atoms with Gasteiger partial charge in [-0.3, -0.25) is 0 Å². The Labute approximate surface area is 80.3 Å². The highest BCUT2D eigenvalue weighted by atomic mass is 15.1. The molecule has 13 heavy (non-hydrogen) atoms. The van der Waals surface area contributed by atoms with Crippen LogP contribution in [0.1, 0.15) is 13.8 Å². The minimum Gasteiger partial charge on any atom is -0.310 e. The standard InChI is InChI=1S/C11H16N2/c1-5-9-11(12-7-3)13(8-4)10-6-2/h5-10H,3-4H2,1-2H3/b9-5-,10-6-,12-11?. The van der Waals surface area contributed by atoms with Crippen molar-refractivity contribution in [2.75, 3.05) is 0 Å². The third kappa shape index (κ3) is 4.11. The number of hydrogen-bond donors (Lipinski definition) is 0. The molecule has 0 saturated carbocycles. The van der Waals surface area contributed by atoms with Crippen LogP contribution < -0.4 is 0 Å². The van der Waals surface area contributed by atoms with Crippen LogP contribution in [0.5, 0.6) is 0 Å². The molecular formula is C11H16N2. The number of aliphatic imine (C=N–C) groups is 1. The summed E-state index contributed by atoms with van der Waals surface area (Å²) in [5.41, 5.74) is 0. The maximum atomic E-state index is 4.10. The molecule has 0 heterocycles. The van der Waals surface area contributed by atoms with Crippen molar-refractivity contribution in [3.63, 3.8) is 0 Å². The lowest BCUT2D eigenvalue weighted by Gasteiger charge is -2.13. The Morgan fingerprint density at radius 3 is 2.31 bits per heavy atom. The smallest absolute Gasteiger partial charge is 0.136 e. The summed E-state index contributed by atoms with van der Waals surface area (Å²) < 4.78 is 0. The molecule has 0 spiro atoms. The molecule has 2 heteroatoms. The Balaban J connectivity index is 4.78. The first-order valence-electron chi connectivity index (χ1n) is 4.15. The van der Waals surface area contributed by atoms with E-state index < -0.39 is 0 Å². The topological polar surface area (TPSA) is 15.6 Å². The Hall–Kier alpha value is -1.57. The molecule has 0 atom stereocenters. The highest BCUT2D eigenvalue weighted by Crippen LogP contribution is 1.97. The summed E-state index contributed by atoms with van der Waals surface area (Å²) in [6.45, 7) is 11.1. The summed E-state index contributed by atoms with van der Waals surface area (Å²) in [6.07, 6.45) is 10.8. The van der Waals surface area contributed by atoms with Crippen molar-refractivity contribution in [1.29, 1.82) is 0 Å². The third-order valence-corrected chi connectivity index (χ3v) is 1.31. The lowest BCUT2D eigenvalue weighted by molar-refractivity contribution is 0.764. The zero-order valence-corrected chi connectivity index (χ0v) is 8.27. The molecule has 0 aliphatic heterocycles. The van der Waals surface area contributed by atoms with E-state index in [9.17, 15) is 0 Å². The molecule has 0 N–H and O–H groups in total. The molecule has 0 rings (SSSR count). The first-order chi connectivity index (χ1) is 6.29. The maximum absolute atomic E-state index is 4.10. The van der Waals surface area contributed by atoms with E-state index in [1.54, 1.807) is 6.20 Å². The largest absolute Gasteiger partial charge is 0.310 e. The Kier molecular flexibility index (Phi) is 6.24. The van der Waals surface area contributed by atoms with Crippen LogP contribution in [0.15, 0.2) is 55.0 Å². The summed E-state index contributed by atoms with van der Waals surface area (Å²) in [7, 11) is 0. The van der Waals surface area contributed by atoms with E-state index in [1.807, 2.05) is 43.2 Å². The van der Waals surface area contributed by atoms with E-state index in [0.29, 0.717) is 0 Å². The van der Waals surface area contributed by atoms with Crippen molar-refractivity contribution in [1.82, 2.24) is 4.90 Å². The zero-order chi connectivity index (χ0) is 10.1. The van der Waals surface area contributed by atoms with Gasteiger partial charge in [0, 0.05) is 18.6 Å². The predicted molar refractivity (Wildman–Crippen MR) is 59.3 cm³/mol. The van der Waals surface area contributed by atoms with Crippen LogP contribution in [0.3, 0.4) is 0 Å². The van der Waals surface area contributed by atoms with E-state index in [4.69, 9.17) is 0 Å². The molecule has 0 saturated heterocycles. The Bertz CT molecular complexity index is 247. The van der Waals surface area contributed by atoms with E-state index in [1.165, 1.54) is 6.20 Å². The molecule has 0 aromatic carbocycles. The number of nitrogens with zero attached hydrogens (tertiary/aromatic N) is 2. The fourth-order valence-electron chi connectivity index (χ4n) is 0.830. The van der Waals surface area contributed by atoms with Gasteiger partial charge in [0.25, 0.3) is 0 Å². The normalized spacial score (nSPS) is 12.3. The van der Waals surface area contributed by atoms with Gasteiger partial charge < -0.3 is 4.90 Å². The second kappa shape index (κ2) is 7.10. The molecule has 0 unspecified atom stereocenters. The fraction of sp³-hybridized carbons (Fsp3) is 0.182. The summed E-state index contributed by atoms with van der Waals surface area (Å²) in [4.78, 5) is 5.92. The van der Waals surface area contributed by atoms with Crippen LogP contribution in [-0.4, -0.2) is 10.7 Å². The molecule has 70 valence electrons. The van der Waals surface area contributed by atoms with Gasteiger partial charge in [-0.15, -0.1) is 0 Å². The summed E-state index contributed by atoms with van der Waals surface area (Å²) in [5.74, 6) is 0.797. The second-order valence-electron chi connectivity index (χ2n) is 2.24. The molecular weight excluding hydrogens is 160 g/mol. The number of rotatable bonds is 4. The van der Waals surface area contributed by atoms with Gasteiger partial charge in [-0.05, 0) is 19.9 Å². The molecule has 2 nitrogen and oxygen atoms in total. The first-order valence-corrected chi connectivity index (χ1v) is 4.15. The van der Waals surface area contributed by atoms with E-state index >= 15 is 0 Å². The van der Waals surface area contributed by atoms with Crippen LogP contribution in [0, 0.1) is 0 Å². The third-order valence-electron chi connectivity index (χ3n) is 1.31. The lowest BCUT2D eigenvalue weighted by atomic mass is 10.4. The van der Waals surface area contributed by atoms with Crippen LogP contribution in [0.4, 0.5) is 0 Å². The molecule has 0 radical (unpaired) electrons. The summed E-state index contributed by atoms with van der Waals surface area (Å²) >= 11 is 0. The number of amidine groups is 1. The summed E-state index contributed by atoms with van der Waals surface area (Å²) in [5, 5.41) is 0. The maximum Gasteiger partial charge on any atom is 0.136 e. The van der Waals surface area contributed by atoms with Crippen molar-refractivity contribution >= 4 is 5.84 Å². The minimum atomic E-state index is 0.797. The van der Waals surface area contributed by atoms with E-state index in [0.717, 1.165) is 5.84 Å². The van der Waals surface area contributed by atoms with Crippen molar-refractivity contribution in [2.24, 2.45) is 4.99 Å². The molecule has 0 fully saturated rings. The van der Waals surface area contributed by atoms with Crippen LogP contribution in [0.25, 0.3) is 0 Å². The molecule has 0 aliphatic carbocycles.